The first-order valence-corrected chi connectivity index (χ1v) is 13.1. The summed E-state index contributed by atoms with van der Waals surface area (Å²) < 4.78 is 62.9. The van der Waals surface area contributed by atoms with Crippen molar-refractivity contribution in [2.24, 2.45) is 0 Å². The maximum absolute atomic E-state index is 12.8. The van der Waals surface area contributed by atoms with E-state index in [1.807, 2.05) is 0 Å². The monoisotopic (exact) mass is 571 g/mol. The molecule has 2 aromatic carbocycles. The molecule has 1 unspecified atom stereocenters. The van der Waals surface area contributed by atoms with E-state index in [9.17, 15) is 27.9 Å². The summed E-state index contributed by atoms with van der Waals surface area (Å²) in [5.74, 6) is -0.887. The lowest BCUT2D eigenvalue weighted by Crippen LogP contribution is -2.39. The predicted octanol–water partition coefficient (Wildman–Crippen LogP) is 5.70. The number of aliphatic carboxylic acids is 1. The highest BCUT2D eigenvalue weighted by Gasteiger charge is 2.31. The van der Waals surface area contributed by atoms with E-state index < -0.39 is 30.3 Å². The van der Waals surface area contributed by atoms with E-state index in [4.69, 9.17) is 18.9 Å². The minimum atomic E-state index is -4.82. The third kappa shape index (κ3) is 13.0. The molecule has 12 heteroatoms. The number of amides is 1. The Morgan fingerprint density at radius 3 is 2.10 bits per heavy atom. The molecular formula is C28H36F3NO8. The van der Waals surface area contributed by atoms with E-state index >= 15 is 0 Å². The molecule has 40 heavy (non-hydrogen) atoms. The standard InChI is InChI=1S/C28H36F3NO8/c1-3-5-6-17-36-18-15-32(27(35)39-23-11-13-24(14-12-23)40-28(29,30)31)16-19-38-22-9-7-21(8-10-22)20-25(26(33)34)37-4-2/h7-14,25H,3-6,15-20H2,1-2H3,(H,33,34). The van der Waals surface area contributed by atoms with Crippen molar-refractivity contribution in [1.82, 2.24) is 4.90 Å². The lowest BCUT2D eigenvalue weighted by atomic mass is 10.1. The van der Waals surface area contributed by atoms with E-state index in [-0.39, 0.29) is 38.5 Å². The molecule has 0 saturated heterocycles. The number of carboxylic acids is 1. The van der Waals surface area contributed by atoms with Gasteiger partial charge in [0, 0.05) is 26.2 Å². The number of alkyl halides is 3. The Labute approximate surface area is 231 Å². The van der Waals surface area contributed by atoms with E-state index in [2.05, 4.69) is 11.7 Å². The predicted molar refractivity (Wildman–Crippen MR) is 140 cm³/mol. The molecule has 0 bridgehead atoms. The lowest BCUT2D eigenvalue weighted by molar-refractivity contribution is -0.274. The summed E-state index contributed by atoms with van der Waals surface area (Å²) in [5.41, 5.74) is 0.769. The molecule has 2 aromatic rings. The van der Waals surface area contributed by atoms with Crippen LogP contribution in [0.3, 0.4) is 0 Å². The number of hydrogen-bond acceptors (Lipinski definition) is 7. The van der Waals surface area contributed by atoms with Gasteiger partial charge in [0.1, 0.15) is 23.9 Å². The molecule has 0 heterocycles. The fourth-order valence-corrected chi connectivity index (χ4v) is 3.53. The zero-order chi connectivity index (χ0) is 29.4. The van der Waals surface area contributed by atoms with Crippen molar-refractivity contribution < 1.29 is 51.6 Å². The van der Waals surface area contributed by atoms with Crippen LogP contribution in [0.1, 0.15) is 38.7 Å². The van der Waals surface area contributed by atoms with Crippen molar-refractivity contribution >= 4 is 12.1 Å². The van der Waals surface area contributed by atoms with E-state index in [1.165, 1.54) is 17.0 Å². The minimum absolute atomic E-state index is 0.0524. The first-order chi connectivity index (χ1) is 19.1. The van der Waals surface area contributed by atoms with Crippen LogP contribution in [0, 0.1) is 0 Å². The minimum Gasteiger partial charge on any atom is -0.492 e. The molecular weight excluding hydrogens is 535 g/mol. The maximum Gasteiger partial charge on any atom is 0.573 e. The number of rotatable bonds is 18. The summed E-state index contributed by atoms with van der Waals surface area (Å²) in [6.07, 6.45) is -3.26. The summed E-state index contributed by atoms with van der Waals surface area (Å²) in [5, 5.41) is 9.25. The fourth-order valence-electron chi connectivity index (χ4n) is 3.53. The molecule has 0 spiro atoms. The first-order valence-electron chi connectivity index (χ1n) is 13.1. The van der Waals surface area contributed by atoms with E-state index in [0.29, 0.717) is 19.0 Å². The molecule has 2 rings (SSSR count). The van der Waals surface area contributed by atoms with Gasteiger partial charge in [0.15, 0.2) is 6.10 Å². The van der Waals surface area contributed by atoms with Crippen LogP contribution < -0.4 is 14.2 Å². The number of nitrogens with zero attached hydrogens (tertiary/aromatic N) is 1. The second-order valence-corrected chi connectivity index (χ2v) is 8.67. The van der Waals surface area contributed by atoms with Crippen molar-refractivity contribution in [3.8, 4) is 17.2 Å². The number of hydrogen-bond donors (Lipinski definition) is 1. The normalized spacial score (nSPS) is 12.0. The number of halogens is 3. The second-order valence-electron chi connectivity index (χ2n) is 8.67. The number of unbranched alkanes of at least 4 members (excludes halogenated alkanes) is 2. The van der Waals surface area contributed by atoms with E-state index in [1.54, 1.807) is 31.2 Å². The van der Waals surface area contributed by atoms with Gasteiger partial charge in [0.25, 0.3) is 0 Å². The SMILES string of the molecule is CCCCCOCCN(CCOc1ccc(CC(OCC)C(=O)O)cc1)C(=O)Oc1ccc(OC(F)(F)F)cc1. The molecule has 1 N–H and O–H groups in total. The molecule has 0 radical (unpaired) electrons. The van der Waals surface area contributed by atoms with Gasteiger partial charge < -0.3 is 33.7 Å². The van der Waals surface area contributed by atoms with Gasteiger partial charge >= 0.3 is 18.4 Å². The summed E-state index contributed by atoms with van der Waals surface area (Å²) >= 11 is 0. The summed E-state index contributed by atoms with van der Waals surface area (Å²) in [7, 11) is 0. The van der Waals surface area contributed by atoms with Crippen LogP contribution >= 0.6 is 0 Å². The van der Waals surface area contributed by atoms with Gasteiger partial charge in [0.05, 0.1) is 13.2 Å². The third-order valence-electron chi connectivity index (χ3n) is 5.54. The summed E-state index contributed by atoms with van der Waals surface area (Å²) in [6, 6.07) is 11.4. The van der Waals surface area contributed by atoms with Crippen LogP contribution in [-0.4, -0.2) is 74.1 Å². The van der Waals surface area contributed by atoms with Crippen LogP contribution in [-0.2, 0) is 20.7 Å². The Hall–Kier alpha value is -3.51. The molecule has 1 amide bonds. The molecule has 0 fully saturated rings. The van der Waals surface area contributed by atoms with Crippen molar-refractivity contribution in [2.75, 3.05) is 39.5 Å². The average molecular weight is 572 g/mol. The highest BCUT2D eigenvalue weighted by molar-refractivity contribution is 5.72. The molecule has 222 valence electrons. The Kier molecular flexibility index (Phi) is 14.1. The van der Waals surface area contributed by atoms with E-state index in [0.717, 1.165) is 37.0 Å². The van der Waals surface area contributed by atoms with Crippen LogP contribution in [0.25, 0.3) is 0 Å². The zero-order valence-electron chi connectivity index (χ0n) is 22.7. The molecule has 0 aromatic heterocycles. The van der Waals surface area contributed by atoms with Crippen LogP contribution in [0.4, 0.5) is 18.0 Å². The molecule has 1 atom stereocenters. The number of benzene rings is 2. The molecule has 9 nitrogen and oxygen atoms in total. The summed E-state index contributed by atoms with van der Waals surface area (Å²) in [6.45, 7) is 5.44. The van der Waals surface area contributed by atoms with Gasteiger partial charge in [0.2, 0.25) is 0 Å². The zero-order valence-corrected chi connectivity index (χ0v) is 22.7. The Morgan fingerprint density at radius 1 is 0.875 bits per heavy atom. The largest absolute Gasteiger partial charge is 0.573 e. The maximum atomic E-state index is 12.8. The fraction of sp³-hybridized carbons (Fsp3) is 0.500. The molecule has 0 saturated carbocycles. The topological polar surface area (TPSA) is 104 Å². The van der Waals surface area contributed by atoms with Crippen molar-refractivity contribution in [3.63, 3.8) is 0 Å². The highest BCUT2D eigenvalue weighted by atomic mass is 19.4. The highest BCUT2D eigenvalue weighted by Crippen LogP contribution is 2.25. The van der Waals surface area contributed by atoms with Crippen LogP contribution in [0.5, 0.6) is 17.2 Å². The van der Waals surface area contributed by atoms with Gasteiger partial charge in [-0.2, -0.15) is 0 Å². The van der Waals surface area contributed by atoms with Gasteiger partial charge in [-0.05, 0) is 55.3 Å². The van der Waals surface area contributed by atoms with Gasteiger partial charge in [-0.3, -0.25) is 0 Å². The van der Waals surface area contributed by atoms with Crippen molar-refractivity contribution in [1.29, 1.82) is 0 Å². The van der Waals surface area contributed by atoms with Crippen LogP contribution in [0.2, 0.25) is 0 Å². The Bertz CT molecular complexity index is 1020. The Balaban J connectivity index is 1.93. The Morgan fingerprint density at radius 2 is 1.50 bits per heavy atom. The van der Waals surface area contributed by atoms with Crippen molar-refractivity contribution in [3.05, 3.63) is 54.1 Å². The number of carboxylic acid groups (broad SMARTS) is 1. The molecule has 0 aliphatic rings. The quantitative estimate of drug-likeness (QED) is 0.227. The molecule has 0 aliphatic carbocycles. The second kappa shape index (κ2) is 17.2. The number of ether oxygens (including phenoxy) is 5. The van der Waals surface area contributed by atoms with Crippen LogP contribution in [0.15, 0.2) is 48.5 Å². The van der Waals surface area contributed by atoms with Gasteiger partial charge in [-0.15, -0.1) is 13.2 Å². The van der Waals surface area contributed by atoms with Gasteiger partial charge in [-0.1, -0.05) is 31.9 Å². The smallest absolute Gasteiger partial charge is 0.492 e. The lowest BCUT2D eigenvalue weighted by Gasteiger charge is -2.22. The number of carbonyl (C=O) groups excluding carboxylic acids is 1. The van der Waals surface area contributed by atoms with Gasteiger partial charge in [-0.25, -0.2) is 9.59 Å². The summed E-state index contributed by atoms with van der Waals surface area (Å²) in [4.78, 5) is 25.5. The molecule has 0 aliphatic heterocycles. The third-order valence-corrected chi connectivity index (χ3v) is 5.54. The number of carbonyl (C=O) groups is 2. The first kappa shape index (κ1) is 32.7. The average Bonchev–Trinajstić information content (AvgIpc) is 2.90. The van der Waals surface area contributed by atoms with Crippen molar-refractivity contribution in [2.45, 2.75) is 52.0 Å².